The molecule has 1 aliphatic heterocycles. The molecule has 0 aliphatic carbocycles. The van der Waals surface area contributed by atoms with Crippen LogP contribution in [0, 0.1) is 0 Å². The molecule has 1 fully saturated rings. The predicted molar refractivity (Wildman–Crippen MR) is 70.5 cm³/mol. The molecule has 0 bridgehead atoms. The molecule has 0 unspecified atom stereocenters. The highest BCUT2D eigenvalue weighted by atomic mass is 16.6. The highest BCUT2D eigenvalue weighted by Crippen LogP contribution is 2.31. The van der Waals surface area contributed by atoms with Crippen LogP contribution in [0.15, 0.2) is 6.33 Å². The lowest BCUT2D eigenvalue weighted by molar-refractivity contribution is -0.0574. The normalized spacial score (nSPS) is 29.2. The van der Waals surface area contributed by atoms with Crippen molar-refractivity contribution in [2.24, 2.45) is 0 Å². The lowest BCUT2D eigenvalue weighted by Gasteiger charge is -2.15. The third-order valence-corrected chi connectivity index (χ3v) is 3.42. The molecule has 10 heteroatoms. The van der Waals surface area contributed by atoms with Crippen molar-refractivity contribution in [3.8, 4) is 0 Å². The fraction of sp³-hybridized carbons (Fsp3) is 0.636. The predicted octanol–water partition coefficient (Wildman–Crippen LogP) is -2.10. The number of rotatable bonds is 3. The maximum Gasteiger partial charge on any atom is 0.186 e. The van der Waals surface area contributed by atoms with Crippen molar-refractivity contribution in [3.63, 3.8) is 0 Å². The summed E-state index contributed by atoms with van der Waals surface area (Å²) < 4.78 is 6.71. The van der Waals surface area contributed by atoms with Crippen molar-refractivity contribution in [3.05, 3.63) is 6.33 Å². The molecule has 3 heterocycles. The van der Waals surface area contributed by atoms with E-state index < -0.39 is 31.1 Å². The second kappa shape index (κ2) is 5.15. The van der Waals surface area contributed by atoms with Crippen molar-refractivity contribution in [1.82, 2.24) is 25.0 Å². The Balaban J connectivity index is 2.04. The molecule has 0 radical (unpaired) electrons. The van der Waals surface area contributed by atoms with Crippen LogP contribution >= 0.6 is 0 Å². The van der Waals surface area contributed by atoms with E-state index in [1.54, 1.807) is 4.90 Å². The molecule has 1 aliphatic rings. The van der Waals surface area contributed by atoms with Crippen LogP contribution in [-0.4, -0.2) is 79.3 Å². The lowest BCUT2D eigenvalue weighted by atomic mass is 10.1. The van der Waals surface area contributed by atoms with Crippen molar-refractivity contribution < 1.29 is 20.1 Å². The van der Waals surface area contributed by atoms with Crippen LogP contribution in [0.25, 0.3) is 11.2 Å². The SMILES string of the molecule is CN(C)c1ncnc2c1nnn2[C@H]1O[C@@H](CO)[C@@H](O)[C@H]1O. The summed E-state index contributed by atoms with van der Waals surface area (Å²) in [4.78, 5) is 9.99. The average Bonchev–Trinajstić information content (AvgIpc) is 3.01. The smallest absolute Gasteiger partial charge is 0.186 e. The van der Waals surface area contributed by atoms with Gasteiger partial charge in [-0.05, 0) is 0 Å². The second-order valence-electron chi connectivity index (χ2n) is 5.03. The Bertz CT molecular complexity index is 647. The second-order valence-corrected chi connectivity index (χ2v) is 5.03. The topological polar surface area (TPSA) is 130 Å². The van der Waals surface area contributed by atoms with Crippen molar-refractivity contribution in [1.29, 1.82) is 0 Å². The largest absolute Gasteiger partial charge is 0.394 e. The fourth-order valence-corrected chi connectivity index (χ4v) is 2.33. The Morgan fingerprint density at radius 2 is 2.05 bits per heavy atom. The maximum atomic E-state index is 10.0. The first kappa shape index (κ1) is 14.1. The summed E-state index contributed by atoms with van der Waals surface area (Å²) in [5.74, 6) is 0.581. The number of aliphatic hydroxyl groups excluding tert-OH is 3. The van der Waals surface area contributed by atoms with E-state index in [9.17, 15) is 10.2 Å². The Hall–Kier alpha value is -1.88. The zero-order valence-electron chi connectivity index (χ0n) is 11.5. The molecule has 2 aromatic rings. The highest BCUT2D eigenvalue weighted by molar-refractivity contribution is 5.82. The summed E-state index contributed by atoms with van der Waals surface area (Å²) in [5.41, 5.74) is 0.837. The van der Waals surface area contributed by atoms with Gasteiger partial charge in [0.1, 0.15) is 24.6 Å². The number of fused-ring (bicyclic) bond motifs is 1. The number of hydrogen-bond donors (Lipinski definition) is 3. The first-order valence-corrected chi connectivity index (χ1v) is 6.40. The summed E-state index contributed by atoms with van der Waals surface area (Å²) in [6.07, 6.45) is -2.91. The Labute approximate surface area is 119 Å². The van der Waals surface area contributed by atoms with Gasteiger partial charge in [-0.15, -0.1) is 5.10 Å². The fourth-order valence-electron chi connectivity index (χ4n) is 2.33. The summed E-state index contributed by atoms with van der Waals surface area (Å²) in [6.45, 7) is -0.403. The molecule has 21 heavy (non-hydrogen) atoms. The molecular weight excluding hydrogens is 280 g/mol. The molecule has 3 rings (SSSR count). The number of nitrogens with zero attached hydrogens (tertiary/aromatic N) is 6. The molecule has 0 aromatic carbocycles. The van der Waals surface area contributed by atoms with Gasteiger partial charge in [-0.1, -0.05) is 5.21 Å². The Kier molecular flexibility index (Phi) is 3.45. The third-order valence-electron chi connectivity index (χ3n) is 3.42. The molecule has 0 spiro atoms. The van der Waals surface area contributed by atoms with E-state index in [4.69, 9.17) is 9.84 Å². The summed E-state index contributed by atoms with van der Waals surface area (Å²) in [6, 6.07) is 0. The molecule has 3 N–H and O–H groups in total. The van der Waals surface area contributed by atoms with Gasteiger partial charge in [0.25, 0.3) is 0 Å². The van der Waals surface area contributed by atoms with Gasteiger partial charge in [0.15, 0.2) is 23.2 Å². The number of ether oxygens (including phenoxy) is 1. The maximum absolute atomic E-state index is 10.0. The quantitative estimate of drug-likeness (QED) is 0.583. The minimum atomic E-state index is -1.23. The van der Waals surface area contributed by atoms with Crippen LogP contribution in [-0.2, 0) is 4.74 Å². The van der Waals surface area contributed by atoms with E-state index in [0.29, 0.717) is 17.0 Å². The van der Waals surface area contributed by atoms with E-state index in [0.717, 1.165) is 0 Å². The van der Waals surface area contributed by atoms with Gasteiger partial charge in [0.05, 0.1) is 6.61 Å². The van der Waals surface area contributed by atoms with Crippen LogP contribution in [0.4, 0.5) is 5.82 Å². The standard InChI is InChI=1S/C11H16N6O4/c1-16(2)9-6-10(13-4-12-9)17(15-14-6)11-8(20)7(19)5(3-18)21-11/h4-5,7-8,11,18-20H,3H2,1-2H3/t5-,7+,8+,11-/m0/s1. The van der Waals surface area contributed by atoms with Crippen molar-refractivity contribution in [2.75, 3.05) is 25.6 Å². The molecule has 0 amide bonds. The van der Waals surface area contributed by atoms with E-state index >= 15 is 0 Å². The van der Waals surface area contributed by atoms with Gasteiger partial charge >= 0.3 is 0 Å². The Morgan fingerprint density at radius 1 is 1.29 bits per heavy atom. The Morgan fingerprint density at radius 3 is 2.67 bits per heavy atom. The first-order chi connectivity index (χ1) is 10.0. The zero-order chi connectivity index (χ0) is 15.1. The minimum Gasteiger partial charge on any atom is -0.394 e. The molecule has 1 saturated heterocycles. The van der Waals surface area contributed by atoms with Crippen LogP contribution in [0.1, 0.15) is 6.23 Å². The van der Waals surface area contributed by atoms with Crippen molar-refractivity contribution in [2.45, 2.75) is 24.5 Å². The van der Waals surface area contributed by atoms with Gasteiger partial charge in [-0.3, -0.25) is 0 Å². The molecule has 0 saturated carbocycles. The van der Waals surface area contributed by atoms with E-state index in [1.165, 1.54) is 11.0 Å². The van der Waals surface area contributed by atoms with Crippen LogP contribution < -0.4 is 4.90 Å². The first-order valence-electron chi connectivity index (χ1n) is 6.40. The molecule has 114 valence electrons. The van der Waals surface area contributed by atoms with Gasteiger partial charge < -0.3 is 25.0 Å². The van der Waals surface area contributed by atoms with Crippen molar-refractivity contribution >= 4 is 17.0 Å². The van der Waals surface area contributed by atoms with E-state index in [-0.39, 0.29) is 0 Å². The molecule has 2 aromatic heterocycles. The van der Waals surface area contributed by atoms with Crippen LogP contribution in [0.2, 0.25) is 0 Å². The number of aromatic nitrogens is 5. The van der Waals surface area contributed by atoms with Gasteiger partial charge in [-0.2, -0.15) is 4.68 Å². The van der Waals surface area contributed by atoms with Crippen LogP contribution in [0.3, 0.4) is 0 Å². The molecular formula is C11H16N6O4. The van der Waals surface area contributed by atoms with Gasteiger partial charge in [-0.25, -0.2) is 9.97 Å². The zero-order valence-corrected chi connectivity index (χ0v) is 11.5. The molecule has 10 nitrogen and oxygen atoms in total. The third kappa shape index (κ3) is 2.12. The average molecular weight is 296 g/mol. The summed E-state index contributed by atoms with van der Waals surface area (Å²) in [5, 5.41) is 36.9. The monoisotopic (exact) mass is 296 g/mol. The van der Waals surface area contributed by atoms with Gasteiger partial charge in [0.2, 0.25) is 0 Å². The van der Waals surface area contributed by atoms with E-state index in [2.05, 4.69) is 20.3 Å². The number of aliphatic hydroxyl groups is 3. The number of anilines is 1. The lowest BCUT2D eigenvalue weighted by Crippen LogP contribution is -2.33. The van der Waals surface area contributed by atoms with Crippen LogP contribution in [0.5, 0.6) is 0 Å². The summed E-state index contributed by atoms with van der Waals surface area (Å²) in [7, 11) is 3.63. The highest BCUT2D eigenvalue weighted by Gasteiger charge is 2.44. The molecule has 4 atom stereocenters. The van der Waals surface area contributed by atoms with E-state index in [1.807, 2.05) is 14.1 Å². The van der Waals surface area contributed by atoms with Gasteiger partial charge in [0, 0.05) is 14.1 Å². The minimum absolute atomic E-state index is 0.378. The summed E-state index contributed by atoms with van der Waals surface area (Å²) >= 11 is 0. The number of hydrogen-bond acceptors (Lipinski definition) is 9.